The molecular weight excluding hydrogens is 307 g/mol. The first kappa shape index (κ1) is 16.7. The van der Waals surface area contributed by atoms with Crippen molar-refractivity contribution in [1.82, 2.24) is 10.2 Å². The summed E-state index contributed by atoms with van der Waals surface area (Å²) in [4.78, 5) is 14.8. The number of furan rings is 1. The van der Waals surface area contributed by atoms with Crippen LogP contribution in [0, 0.1) is 11.7 Å². The summed E-state index contributed by atoms with van der Waals surface area (Å²) in [6.07, 6.45) is 3.73. The zero-order valence-corrected chi connectivity index (χ0v) is 14.0. The van der Waals surface area contributed by atoms with Gasteiger partial charge in [0.2, 0.25) is 5.91 Å². The van der Waals surface area contributed by atoms with Crippen molar-refractivity contribution in [2.24, 2.45) is 5.92 Å². The van der Waals surface area contributed by atoms with E-state index in [2.05, 4.69) is 5.32 Å². The Hall–Kier alpha value is -2.14. The van der Waals surface area contributed by atoms with Gasteiger partial charge in [-0.05, 0) is 62.7 Å². The highest BCUT2D eigenvalue weighted by molar-refractivity contribution is 5.84. The summed E-state index contributed by atoms with van der Waals surface area (Å²) >= 11 is 0. The molecule has 3 rings (SSSR count). The van der Waals surface area contributed by atoms with Crippen molar-refractivity contribution < 1.29 is 13.6 Å². The van der Waals surface area contributed by atoms with E-state index in [4.69, 9.17) is 4.42 Å². The van der Waals surface area contributed by atoms with Crippen molar-refractivity contribution in [3.05, 3.63) is 59.8 Å². The predicted octanol–water partition coefficient (Wildman–Crippen LogP) is 3.33. The van der Waals surface area contributed by atoms with E-state index in [-0.39, 0.29) is 23.7 Å². The van der Waals surface area contributed by atoms with Gasteiger partial charge in [0.05, 0.1) is 18.2 Å². The molecule has 1 amide bonds. The minimum atomic E-state index is -0.279. The second-order valence-electron chi connectivity index (χ2n) is 6.61. The summed E-state index contributed by atoms with van der Waals surface area (Å²) in [6, 6.07) is 10.0. The quantitative estimate of drug-likeness (QED) is 0.847. The molecule has 0 saturated heterocycles. The molecule has 1 aliphatic rings. The van der Waals surface area contributed by atoms with Crippen LogP contribution in [0.4, 0.5) is 4.39 Å². The lowest BCUT2D eigenvalue weighted by atomic mass is 9.93. The van der Waals surface area contributed by atoms with Gasteiger partial charge in [-0.1, -0.05) is 12.1 Å². The van der Waals surface area contributed by atoms with Crippen LogP contribution in [-0.2, 0) is 4.79 Å². The number of rotatable bonds is 7. The number of nitrogens with one attached hydrogen (secondary N) is 1. The number of amides is 1. The summed E-state index contributed by atoms with van der Waals surface area (Å²) in [5.41, 5.74) is 0.885. The maximum Gasteiger partial charge on any atom is 0.227 e. The minimum absolute atomic E-state index is 0.00233. The number of benzene rings is 1. The molecule has 2 aromatic rings. The molecule has 1 N–H and O–H groups in total. The molecule has 1 fully saturated rings. The second-order valence-corrected chi connectivity index (χ2v) is 6.61. The van der Waals surface area contributed by atoms with E-state index < -0.39 is 0 Å². The van der Waals surface area contributed by atoms with Gasteiger partial charge < -0.3 is 9.73 Å². The van der Waals surface area contributed by atoms with E-state index in [1.165, 1.54) is 12.1 Å². The molecule has 0 radical (unpaired) electrons. The van der Waals surface area contributed by atoms with E-state index in [0.717, 1.165) is 24.2 Å². The van der Waals surface area contributed by atoms with Crippen molar-refractivity contribution in [1.29, 1.82) is 0 Å². The first-order valence-electron chi connectivity index (χ1n) is 8.29. The summed E-state index contributed by atoms with van der Waals surface area (Å²) in [6.45, 7) is 0.476. The van der Waals surface area contributed by atoms with Crippen LogP contribution in [0.3, 0.4) is 0 Å². The van der Waals surface area contributed by atoms with Crippen molar-refractivity contribution in [2.45, 2.75) is 24.8 Å². The van der Waals surface area contributed by atoms with Gasteiger partial charge in [0.15, 0.2) is 0 Å². The molecule has 5 heteroatoms. The van der Waals surface area contributed by atoms with Crippen molar-refractivity contribution in [2.75, 3.05) is 20.6 Å². The van der Waals surface area contributed by atoms with Crippen LogP contribution in [0.25, 0.3) is 0 Å². The number of hydrogen-bond acceptors (Lipinski definition) is 3. The third kappa shape index (κ3) is 3.85. The normalized spacial score (nSPS) is 16.8. The van der Waals surface area contributed by atoms with E-state index in [9.17, 15) is 9.18 Å². The van der Waals surface area contributed by atoms with E-state index >= 15 is 0 Å². The number of likely N-dealkylation sites (N-methyl/N-ethyl adjacent to an activating group) is 1. The Morgan fingerprint density at radius 2 is 2.00 bits per heavy atom. The Labute approximate surface area is 141 Å². The standard InChI is InChI=1S/C19H23FN2O2/c1-22(2)16(17-4-3-11-24-17)12-21-19(23)18(13-5-6-13)14-7-9-15(20)10-8-14/h3-4,7-11,13,16,18H,5-6,12H2,1-2H3,(H,21,23). The Bertz CT molecular complexity index is 663. The highest BCUT2D eigenvalue weighted by Gasteiger charge is 2.37. The van der Waals surface area contributed by atoms with Crippen LogP contribution in [0.2, 0.25) is 0 Å². The molecule has 1 aromatic carbocycles. The Morgan fingerprint density at radius 1 is 1.29 bits per heavy atom. The molecule has 4 nitrogen and oxygen atoms in total. The molecule has 1 saturated carbocycles. The molecule has 2 atom stereocenters. The topological polar surface area (TPSA) is 45.5 Å². The molecule has 128 valence electrons. The number of carbonyl (C=O) groups excluding carboxylic acids is 1. The van der Waals surface area contributed by atoms with Crippen molar-refractivity contribution in [3.63, 3.8) is 0 Å². The van der Waals surface area contributed by atoms with Gasteiger partial charge in [-0.15, -0.1) is 0 Å². The van der Waals surface area contributed by atoms with Crippen LogP contribution in [0.15, 0.2) is 47.1 Å². The van der Waals surface area contributed by atoms with Crippen LogP contribution in [0.1, 0.15) is 36.1 Å². The fourth-order valence-corrected chi connectivity index (χ4v) is 3.06. The smallest absolute Gasteiger partial charge is 0.227 e. The lowest BCUT2D eigenvalue weighted by Gasteiger charge is -2.24. The Balaban J connectivity index is 1.68. The fraction of sp³-hybridized carbons (Fsp3) is 0.421. The first-order chi connectivity index (χ1) is 11.6. The lowest BCUT2D eigenvalue weighted by molar-refractivity contribution is -0.123. The van der Waals surface area contributed by atoms with Gasteiger partial charge >= 0.3 is 0 Å². The third-order valence-electron chi connectivity index (χ3n) is 4.57. The molecule has 24 heavy (non-hydrogen) atoms. The maximum atomic E-state index is 13.2. The minimum Gasteiger partial charge on any atom is -0.468 e. The maximum absolute atomic E-state index is 13.2. The molecule has 2 unspecified atom stereocenters. The molecule has 0 bridgehead atoms. The van der Waals surface area contributed by atoms with Crippen LogP contribution in [-0.4, -0.2) is 31.4 Å². The monoisotopic (exact) mass is 330 g/mol. The largest absolute Gasteiger partial charge is 0.468 e. The van der Waals surface area contributed by atoms with E-state index in [0.29, 0.717) is 12.5 Å². The van der Waals surface area contributed by atoms with E-state index in [1.54, 1.807) is 18.4 Å². The van der Waals surface area contributed by atoms with Crippen LogP contribution in [0.5, 0.6) is 0 Å². The zero-order chi connectivity index (χ0) is 17.1. The molecular formula is C19H23FN2O2. The first-order valence-corrected chi connectivity index (χ1v) is 8.29. The SMILES string of the molecule is CN(C)C(CNC(=O)C(c1ccc(F)cc1)C1CC1)c1ccco1. The zero-order valence-electron chi connectivity index (χ0n) is 14.0. The van der Waals surface area contributed by atoms with Gasteiger partial charge in [-0.25, -0.2) is 4.39 Å². The van der Waals surface area contributed by atoms with Crippen molar-refractivity contribution >= 4 is 5.91 Å². The number of halogens is 1. The Morgan fingerprint density at radius 3 is 2.54 bits per heavy atom. The molecule has 1 aromatic heterocycles. The molecule has 0 aliphatic heterocycles. The van der Waals surface area contributed by atoms with Gasteiger partial charge in [0.25, 0.3) is 0 Å². The molecule has 1 heterocycles. The highest BCUT2D eigenvalue weighted by atomic mass is 19.1. The average Bonchev–Trinajstić information content (AvgIpc) is 3.23. The van der Waals surface area contributed by atoms with Gasteiger partial charge in [-0.3, -0.25) is 9.69 Å². The molecule has 1 aliphatic carbocycles. The lowest BCUT2D eigenvalue weighted by Crippen LogP contribution is -2.37. The van der Waals surface area contributed by atoms with Gasteiger partial charge in [0, 0.05) is 6.54 Å². The van der Waals surface area contributed by atoms with Crippen LogP contribution >= 0.6 is 0 Å². The summed E-state index contributed by atoms with van der Waals surface area (Å²) in [7, 11) is 3.91. The average molecular weight is 330 g/mol. The third-order valence-corrected chi connectivity index (χ3v) is 4.57. The fourth-order valence-electron chi connectivity index (χ4n) is 3.06. The van der Waals surface area contributed by atoms with Gasteiger partial charge in [0.1, 0.15) is 11.6 Å². The Kier molecular flexibility index (Phi) is 5.00. The number of nitrogens with zero attached hydrogens (tertiary/aromatic N) is 1. The number of carbonyl (C=O) groups is 1. The van der Waals surface area contributed by atoms with Gasteiger partial charge in [-0.2, -0.15) is 0 Å². The van der Waals surface area contributed by atoms with Crippen molar-refractivity contribution in [3.8, 4) is 0 Å². The summed E-state index contributed by atoms with van der Waals surface area (Å²) < 4.78 is 18.6. The van der Waals surface area contributed by atoms with E-state index in [1.807, 2.05) is 31.1 Å². The molecule has 0 spiro atoms. The summed E-state index contributed by atoms with van der Waals surface area (Å²) in [5, 5.41) is 3.05. The van der Waals surface area contributed by atoms with Crippen LogP contribution < -0.4 is 5.32 Å². The second kappa shape index (κ2) is 7.18. The summed E-state index contributed by atoms with van der Waals surface area (Å²) in [5.74, 6) is 0.702. The number of hydrogen-bond donors (Lipinski definition) is 1. The predicted molar refractivity (Wildman–Crippen MR) is 90.0 cm³/mol. The highest BCUT2D eigenvalue weighted by Crippen LogP contribution is 2.42.